The molecular formula is C16H31NO2Si. The third-order valence-electron chi connectivity index (χ3n) is 4.78. The van der Waals surface area contributed by atoms with Gasteiger partial charge in [-0.15, -0.1) is 0 Å². The summed E-state index contributed by atoms with van der Waals surface area (Å²) in [5, 5.41) is 0.207. The van der Waals surface area contributed by atoms with Gasteiger partial charge in [0.1, 0.15) is 5.78 Å². The lowest BCUT2D eigenvalue weighted by Crippen LogP contribution is -2.43. The standard InChI is InChI=1S/C16H31NO2Si/c1-12(18)14-10-9-13(11-15(14)17(5)6)19-20(7,8)16(2,3)4/h11,14-15H,9-10H2,1-8H3/t14-,15-/m0/s1. The SMILES string of the molecule is CC(=O)[C@@H]1CCC(O[Si](C)(C)C(C)(C)C)=C[C@@H]1N(C)C. The molecule has 1 aliphatic carbocycles. The molecule has 0 amide bonds. The van der Waals surface area contributed by atoms with Crippen LogP contribution in [0.1, 0.15) is 40.5 Å². The van der Waals surface area contributed by atoms with Gasteiger partial charge in [0, 0.05) is 18.4 Å². The number of nitrogens with zero attached hydrogens (tertiary/aromatic N) is 1. The van der Waals surface area contributed by atoms with E-state index in [2.05, 4.69) is 44.8 Å². The minimum absolute atomic E-state index is 0.108. The van der Waals surface area contributed by atoms with Crippen LogP contribution in [0.3, 0.4) is 0 Å². The van der Waals surface area contributed by atoms with E-state index in [9.17, 15) is 4.79 Å². The van der Waals surface area contributed by atoms with Crippen LogP contribution < -0.4 is 0 Å². The van der Waals surface area contributed by atoms with E-state index in [1.54, 1.807) is 6.92 Å². The molecule has 116 valence electrons. The van der Waals surface area contributed by atoms with Crippen LogP contribution in [-0.2, 0) is 9.22 Å². The average molecular weight is 298 g/mol. The van der Waals surface area contributed by atoms with E-state index in [1.807, 2.05) is 14.1 Å². The highest BCUT2D eigenvalue weighted by molar-refractivity contribution is 6.74. The second kappa shape index (κ2) is 6.02. The minimum Gasteiger partial charge on any atom is -0.547 e. The van der Waals surface area contributed by atoms with Crippen molar-refractivity contribution in [2.75, 3.05) is 14.1 Å². The van der Waals surface area contributed by atoms with Crippen molar-refractivity contribution in [1.82, 2.24) is 4.90 Å². The van der Waals surface area contributed by atoms with Gasteiger partial charge in [0.2, 0.25) is 8.32 Å². The number of Topliss-reactive ketones (excluding diaryl/α,β-unsaturated/α-hetero) is 1. The number of ketones is 1. The minimum atomic E-state index is -1.78. The second-order valence-corrected chi connectivity index (χ2v) is 12.4. The molecule has 0 aromatic carbocycles. The van der Waals surface area contributed by atoms with Gasteiger partial charge in [-0.2, -0.15) is 0 Å². The third kappa shape index (κ3) is 3.95. The lowest BCUT2D eigenvalue weighted by atomic mass is 9.85. The Bertz CT molecular complexity index is 394. The van der Waals surface area contributed by atoms with Crippen LogP contribution in [0.25, 0.3) is 0 Å². The molecule has 20 heavy (non-hydrogen) atoms. The Morgan fingerprint density at radius 3 is 2.30 bits per heavy atom. The number of rotatable bonds is 4. The molecule has 0 N–H and O–H groups in total. The number of likely N-dealkylation sites (N-methyl/N-ethyl adjacent to an activating group) is 1. The second-order valence-electron chi connectivity index (χ2n) is 7.71. The van der Waals surface area contributed by atoms with Crippen LogP contribution >= 0.6 is 0 Å². The molecular weight excluding hydrogens is 266 g/mol. The van der Waals surface area contributed by atoms with E-state index < -0.39 is 8.32 Å². The van der Waals surface area contributed by atoms with Crippen molar-refractivity contribution in [1.29, 1.82) is 0 Å². The summed E-state index contributed by atoms with van der Waals surface area (Å²) in [6.07, 6.45) is 3.97. The van der Waals surface area contributed by atoms with E-state index in [0.717, 1.165) is 18.6 Å². The van der Waals surface area contributed by atoms with Crippen molar-refractivity contribution in [3.8, 4) is 0 Å². The maximum absolute atomic E-state index is 11.8. The number of hydrogen-bond donors (Lipinski definition) is 0. The molecule has 0 bridgehead atoms. The van der Waals surface area contributed by atoms with Crippen LogP contribution in [0.5, 0.6) is 0 Å². The van der Waals surface area contributed by atoms with Gasteiger partial charge < -0.3 is 9.33 Å². The van der Waals surface area contributed by atoms with Crippen LogP contribution in [-0.4, -0.2) is 39.1 Å². The van der Waals surface area contributed by atoms with Gasteiger partial charge in [0.15, 0.2) is 0 Å². The van der Waals surface area contributed by atoms with Gasteiger partial charge in [-0.25, -0.2) is 0 Å². The molecule has 0 unspecified atom stereocenters. The molecule has 0 spiro atoms. The van der Waals surface area contributed by atoms with Crippen LogP contribution in [0.15, 0.2) is 11.8 Å². The third-order valence-corrected chi connectivity index (χ3v) is 9.17. The summed E-state index contributed by atoms with van der Waals surface area (Å²) in [7, 11) is 2.29. The highest BCUT2D eigenvalue weighted by atomic mass is 28.4. The fourth-order valence-corrected chi connectivity index (χ4v) is 3.51. The van der Waals surface area contributed by atoms with E-state index in [4.69, 9.17) is 4.43 Å². The summed E-state index contributed by atoms with van der Waals surface area (Å²) in [5.74, 6) is 1.48. The number of carbonyl (C=O) groups excluding carboxylic acids is 1. The van der Waals surface area contributed by atoms with Crippen molar-refractivity contribution in [3.63, 3.8) is 0 Å². The fraction of sp³-hybridized carbons (Fsp3) is 0.812. The van der Waals surface area contributed by atoms with Crippen LogP contribution in [0.4, 0.5) is 0 Å². The number of allylic oxidation sites excluding steroid dienone is 1. The van der Waals surface area contributed by atoms with Gasteiger partial charge in [-0.1, -0.05) is 20.8 Å². The summed E-state index contributed by atoms with van der Waals surface area (Å²) in [5.41, 5.74) is 0. The number of carbonyl (C=O) groups is 1. The zero-order valence-electron chi connectivity index (χ0n) is 14.4. The molecule has 0 heterocycles. The largest absolute Gasteiger partial charge is 0.547 e. The predicted molar refractivity (Wildman–Crippen MR) is 87.2 cm³/mol. The van der Waals surface area contributed by atoms with Crippen LogP contribution in [0, 0.1) is 5.92 Å². The monoisotopic (exact) mass is 297 g/mol. The normalized spacial score (nSPS) is 24.6. The molecule has 1 rings (SSSR count). The van der Waals surface area contributed by atoms with Gasteiger partial charge in [0.05, 0.1) is 5.76 Å². The first-order valence-electron chi connectivity index (χ1n) is 7.52. The van der Waals surface area contributed by atoms with Crippen molar-refractivity contribution in [3.05, 3.63) is 11.8 Å². The Labute approximate surface area is 125 Å². The summed E-state index contributed by atoms with van der Waals surface area (Å²) in [6.45, 7) is 13.0. The quantitative estimate of drug-likeness (QED) is 0.739. The van der Waals surface area contributed by atoms with Crippen molar-refractivity contribution >= 4 is 14.1 Å². The van der Waals surface area contributed by atoms with Crippen LogP contribution in [0.2, 0.25) is 18.1 Å². The fourth-order valence-electron chi connectivity index (χ4n) is 2.38. The molecule has 0 aromatic heterocycles. The smallest absolute Gasteiger partial charge is 0.250 e. The van der Waals surface area contributed by atoms with Gasteiger partial charge in [0.25, 0.3) is 0 Å². The molecule has 4 heteroatoms. The summed E-state index contributed by atoms with van der Waals surface area (Å²) < 4.78 is 6.41. The Balaban J connectivity index is 2.93. The van der Waals surface area contributed by atoms with E-state index in [0.29, 0.717) is 0 Å². The molecule has 0 radical (unpaired) electrons. The lowest BCUT2D eigenvalue weighted by Gasteiger charge is -2.40. The van der Waals surface area contributed by atoms with Gasteiger partial charge in [-0.05, 0) is 51.6 Å². The summed E-state index contributed by atoms with van der Waals surface area (Å²) in [4.78, 5) is 13.9. The molecule has 0 saturated heterocycles. The predicted octanol–water partition coefficient (Wildman–Crippen LogP) is 3.82. The lowest BCUT2D eigenvalue weighted by molar-refractivity contribution is -0.122. The molecule has 2 atom stereocenters. The molecule has 0 aromatic rings. The first-order valence-corrected chi connectivity index (χ1v) is 10.4. The summed E-state index contributed by atoms with van der Waals surface area (Å²) in [6, 6.07) is 0.168. The van der Waals surface area contributed by atoms with Crippen molar-refractivity contribution in [2.24, 2.45) is 5.92 Å². The zero-order valence-corrected chi connectivity index (χ0v) is 15.4. The summed E-state index contributed by atoms with van der Waals surface area (Å²) >= 11 is 0. The molecule has 3 nitrogen and oxygen atoms in total. The Morgan fingerprint density at radius 1 is 1.35 bits per heavy atom. The van der Waals surface area contributed by atoms with E-state index >= 15 is 0 Å². The average Bonchev–Trinajstić information content (AvgIpc) is 2.26. The van der Waals surface area contributed by atoms with Crippen molar-refractivity contribution in [2.45, 2.75) is 64.7 Å². The molecule has 0 fully saturated rings. The van der Waals surface area contributed by atoms with Gasteiger partial charge in [-0.3, -0.25) is 4.79 Å². The molecule has 1 aliphatic rings. The van der Waals surface area contributed by atoms with E-state index in [1.165, 1.54) is 0 Å². The maximum atomic E-state index is 11.8. The molecule has 0 saturated carbocycles. The number of hydrogen-bond acceptors (Lipinski definition) is 3. The zero-order chi connectivity index (χ0) is 15.7. The highest BCUT2D eigenvalue weighted by Gasteiger charge is 2.40. The first kappa shape index (κ1) is 17.4. The highest BCUT2D eigenvalue weighted by Crippen LogP contribution is 2.40. The van der Waals surface area contributed by atoms with Gasteiger partial charge >= 0.3 is 0 Å². The maximum Gasteiger partial charge on any atom is 0.250 e. The molecule has 0 aliphatic heterocycles. The Morgan fingerprint density at radius 2 is 1.90 bits per heavy atom. The van der Waals surface area contributed by atoms with Crippen molar-refractivity contribution < 1.29 is 9.22 Å². The van der Waals surface area contributed by atoms with E-state index in [-0.39, 0.29) is 22.8 Å². The first-order chi connectivity index (χ1) is 8.95. The Kier molecular flexibility index (Phi) is 5.25. The Hall–Kier alpha value is -0.613. The topological polar surface area (TPSA) is 29.5 Å².